The number of rotatable bonds is 10. The Hall–Kier alpha value is -2.62. The van der Waals surface area contributed by atoms with E-state index in [1.165, 1.54) is 16.9 Å². The average molecular weight is 488 g/mol. The van der Waals surface area contributed by atoms with Crippen molar-refractivity contribution >= 4 is 38.0 Å². The van der Waals surface area contributed by atoms with Crippen LogP contribution < -0.4 is 9.47 Å². The second-order valence-corrected chi connectivity index (χ2v) is 10.7. The summed E-state index contributed by atoms with van der Waals surface area (Å²) in [5, 5.41) is 9.68. The van der Waals surface area contributed by atoms with Crippen molar-refractivity contribution in [3.05, 3.63) is 70.2 Å². The molecule has 0 saturated heterocycles. The van der Waals surface area contributed by atoms with Gasteiger partial charge in [-0.2, -0.15) is 8.42 Å². The first kappa shape index (κ1) is 25.0. The summed E-state index contributed by atoms with van der Waals surface area (Å²) in [6.45, 7) is 10.3. The van der Waals surface area contributed by atoms with Gasteiger partial charge < -0.3 is 4.90 Å². The number of azo groups is 1. The van der Waals surface area contributed by atoms with Gasteiger partial charge in [0.15, 0.2) is 0 Å². The van der Waals surface area contributed by atoms with Crippen LogP contribution in [0.1, 0.15) is 35.0 Å². The lowest BCUT2D eigenvalue weighted by Gasteiger charge is -2.23. The molecule has 0 radical (unpaired) electrons. The maximum absolute atomic E-state index is 11.0. The lowest BCUT2D eigenvalue weighted by molar-refractivity contribution is -0.686. The number of aromatic nitrogens is 1. The van der Waals surface area contributed by atoms with Crippen LogP contribution in [0.2, 0.25) is 0 Å². The van der Waals surface area contributed by atoms with E-state index in [-0.39, 0.29) is 5.75 Å². The van der Waals surface area contributed by atoms with Crippen LogP contribution >= 0.6 is 11.3 Å². The minimum atomic E-state index is -3.98. The van der Waals surface area contributed by atoms with Crippen LogP contribution in [0.5, 0.6) is 0 Å². The molecule has 0 unspecified atom stereocenters. The minimum Gasteiger partial charge on any atom is -0.367 e. The zero-order valence-corrected chi connectivity index (χ0v) is 21.2. The molecule has 33 heavy (non-hydrogen) atoms. The number of benzene rings is 2. The first-order valence-corrected chi connectivity index (χ1v) is 13.4. The molecular formula is C24H31N4O3S2+. The van der Waals surface area contributed by atoms with Crippen molar-refractivity contribution in [3.63, 3.8) is 0 Å². The summed E-state index contributed by atoms with van der Waals surface area (Å²) in [6, 6.07) is 16.6. The van der Waals surface area contributed by atoms with E-state index < -0.39 is 10.1 Å². The van der Waals surface area contributed by atoms with Gasteiger partial charge in [-0.05, 0) is 73.5 Å². The van der Waals surface area contributed by atoms with Crippen LogP contribution in [-0.2, 0) is 23.2 Å². The number of hydrogen-bond donors (Lipinski definition) is 1. The number of thiazole rings is 1. The maximum atomic E-state index is 11.0. The minimum absolute atomic E-state index is 0.275. The molecule has 0 saturated carbocycles. The Morgan fingerprint density at radius 1 is 1.06 bits per heavy atom. The first-order valence-electron chi connectivity index (χ1n) is 10.9. The van der Waals surface area contributed by atoms with Gasteiger partial charge in [-0.3, -0.25) is 4.55 Å². The van der Waals surface area contributed by atoms with Crippen molar-refractivity contribution in [1.29, 1.82) is 0 Å². The van der Waals surface area contributed by atoms with Gasteiger partial charge >= 0.3 is 5.13 Å². The number of aryl methyl sites for hydroxylation is 2. The molecule has 0 atom stereocenters. The third-order valence-electron chi connectivity index (χ3n) is 5.56. The molecule has 0 fully saturated rings. The van der Waals surface area contributed by atoms with Crippen molar-refractivity contribution in [2.45, 2.75) is 47.2 Å². The molecule has 1 N–H and O–H groups in total. The fourth-order valence-electron chi connectivity index (χ4n) is 3.58. The Bertz CT molecular complexity index is 1220. The van der Waals surface area contributed by atoms with Crippen LogP contribution in [0.3, 0.4) is 0 Å². The summed E-state index contributed by atoms with van der Waals surface area (Å²) >= 11 is 1.52. The Morgan fingerprint density at radius 3 is 2.42 bits per heavy atom. The Balaban J connectivity index is 1.77. The van der Waals surface area contributed by atoms with Crippen molar-refractivity contribution in [3.8, 4) is 0 Å². The summed E-state index contributed by atoms with van der Waals surface area (Å²) in [5.74, 6) is -0.275. The highest BCUT2D eigenvalue weighted by Gasteiger charge is 2.20. The fraction of sp³-hybridized carbons (Fsp3) is 0.375. The Kier molecular flexibility index (Phi) is 8.34. The van der Waals surface area contributed by atoms with E-state index in [9.17, 15) is 8.42 Å². The first-order chi connectivity index (χ1) is 15.7. The van der Waals surface area contributed by atoms with Gasteiger partial charge in [0.1, 0.15) is 11.4 Å². The molecule has 3 rings (SSSR count). The molecule has 176 valence electrons. The quantitative estimate of drug-likeness (QED) is 0.226. The zero-order valence-electron chi connectivity index (χ0n) is 19.5. The second-order valence-electron chi connectivity index (χ2n) is 7.99. The molecule has 0 aliphatic heterocycles. The summed E-state index contributed by atoms with van der Waals surface area (Å²) in [4.78, 5) is 3.42. The predicted octanol–water partition coefficient (Wildman–Crippen LogP) is 5.68. The van der Waals surface area contributed by atoms with Crippen LogP contribution in [0.15, 0.2) is 58.8 Å². The molecule has 7 nitrogen and oxygen atoms in total. The molecule has 0 spiro atoms. The highest BCUT2D eigenvalue weighted by Crippen LogP contribution is 2.29. The molecule has 0 amide bonds. The van der Waals surface area contributed by atoms with E-state index in [0.29, 0.717) is 18.1 Å². The van der Waals surface area contributed by atoms with Crippen LogP contribution in [0, 0.1) is 20.8 Å². The SMILES string of the molecule is CCN(Cc1ccccc1)c1ccc(N=Nc2sc(C)c(C)[n+]2CCCS(=O)(=O)O)c(C)c1. The lowest BCUT2D eigenvalue weighted by Crippen LogP contribution is -2.36. The van der Waals surface area contributed by atoms with Gasteiger partial charge in [0.2, 0.25) is 0 Å². The highest BCUT2D eigenvalue weighted by atomic mass is 32.2. The summed E-state index contributed by atoms with van der Waals surface area (Å²) in [5.41, 5.74) is 5.26. The van der Waals surface area contributed by atoms with Gasteiger partial charge in [-0.15, -0.1) is 0 Å². The monoisotopic (exact) mass is 487 g/mol. The number of hydrogen-bond acceptors (Lipinski definition) is 6. The van der Waals surface area contributed by atoms with E-state index in [0.717, 1.165) is 40.6 Å². The van der Waals surface area contributed by atoms with Crippen LogP contribution in [-0.4, -0.2) is 25.3 Å². The molecule has 9 heteroatoms. The van der Waals surface area contributed by atoms with Gasteiger partial charge in [0.05, 0.1) is 22.3 Å². The molecule has 1 aromatic heterocycles. The zero-order chi connectivity index (χ0) is 24.0. The second kappa shape index (κ2) is 11.0. The van der Waals surface area contributed by atoms with Gasteiger partial charge in [-0.25, -0.2) is 4.57 Å². The molecule has 0 aliphatic carbocycles. The summed E-state index contributed by atoms with van der Waals surface area (Å²) in [7, 11) is -3.98. The normalized spacial score (nSPS) is 11.9. The van der Waals surface area contributed by atoms with Crippen molar-refractivity contribution in [2.75, 3.05) is 17.2 Å². The number of anilines is 1. The van der Waals surface area contributed by atoms with Gasteiger partial charge in [-0.1, -0.05) is 30.3 Å². The average Bonchev–Trinajstić information content (AvgIpc) is 3.04. The third kappa shape index (κ3) is 6.93. The summed E-state index contributed by atoms with van der Waals surface area (Å²) < 4.78 is 33.1. The molecule has 0 bridgehead atoms. The Labute approximate surface area is 200 Å². The van der Waals surface area contributed by atoms with E-state index in [4.69, 9.17) is 4.55 Å². The molecule has 3 aromatic rings. The van der Waals surface area contributed by atoms with E-state index >= 15 is 0 Å². The van der Waals surface area contributed by atoms with Crippen LogP contribution in [0.4, 0.5) is 16.5 Å². The van der Waals surface area contributed by atoms with Gasteiger partial charge in [0, 0.05) is 25.2 Å². The van der Waals surface area contributed by atoms with E-state index in [2.05, 4.69) is 58.5 Å². The molecular weight excluding hydrogens is 456 g/mol. The van der Waals surface area contributed by atoms with Crippen molar-refractivity contribution in [2.24, 2.45) is 10.2 Å². The maximum Gasteiger partial charge on any atom is 0.408 e. The Morgan fingerprint density at radius 2 is 1.79 bits per heavy atom. The standard InChI is InChI=1S/C24H30N4O3S2/c1-5-27(17-21-10-7-6-8-11-21)22-12-13-23(18(2)16-22)25-26-24-28(19(3)20(4)32-24)14-9-15-33(29,30)31/h6-8,10-13,16H,5,9,14-15,17H2,1-4H3/p+1. The highest BCUT2D eigenvalue weighted by molar-refractivity contribution is 7.85. The number of nitrogens with zero attached hydrogens (tertiary/aromatic N) is 4. The van der Waals surface area contributed by atoms with Crippen molar-refractivity contribution in [1.82, 2.24) is 0 Å². The topological polar surface area (TPSA) is 86.2 Å². The summed E-state index contributed by atoms with van der Waals surface area (Å²) in [6.07, 6.45) is 0.311. The molecule has 2 aromatic carbocycles. The lowest BCUT2D eigenvalue weighted by atomic mass is 10.1. The molecule has 0 aliphatic rings. The van der Waals surface area contributed by atoms with E-state index in [1.54, 1.807) is 0 Å². The predicted molar refractivity (Wildman–Crippen MR) is 134 cm³/mol. The van der Waals surface area contributed by atoms with E-state index in [1.807, 2.05) is 37.5 Å². The van der Waals surface area contributed by atoms with Crippen LogP contribution in [0.25, 0.3) is 0 Å². The van der Waals surface area contributed by atoms with Gasteiger partial charge in [0.25, 0.3) is 10.1 Å². The third-order valence-corrected chi connectivity index (χ3v) is 7.45. The van der Waals surface area contributed by atoms with Crippen molar-refractivity contribution < 1.29 is 17.5 Å². The fourth-order valence-corrected chi connectivity index (χ4v) is 5.02. The molecule has 1 heterocycles. The largest absolute Gasteiger partial charge is 0.408 e. The smallest absolute Gasteiger partial charge is 0.367 e.